The van der Waals surface area contributed by atoms with Crippen molar-refractivity contribution in [3.05, 3.63) is 0 Å². The Morgan fingerprint density at radius 2 is 2.20 bits per heavy atom. The number of rotatable bonds is 2. The van der Waals surface area contributed by atoms with Crippen molar-refractivity contribution in [2.24, 2.45) is 10.6 Å². The summed E-state index contributed by atoms with van der Waals surface area (Å²) in [6.07, 6.45) is 0.509. The monoisotopic (exact) mass is 213 g/mol. The fourth-order valence-electron chi connectivity index (χ4n) is 1.34. The molecule has 1 aliphatic rings. The molecule has 15 heavy (non-hydrogen) atoms. The maximum atomic E-state index is 11.6. The summed E-state index contributed by atoms with van der Waals surface area (Å²) in [6.45, 7) is 10.0. The summed E-state index contributed by atoms with van der Waals surface area (Å²) in [4.78, 5) is 16.8. The molecular formula is C11H19NO3. The zero-order chi connectivity index (χ0) is 11.7. The van der Waals surface area contributed by atoms with Crippen LogP contribution in [0.3, 0.4) is 0 Å². The molecule has 1 heterocycles. The summed E-state index contributed by atoms with van der Waals surface area (Å²) >= 11 is 0. The molecule has 0 bridgehead atoms. The molecule has 0 radical (unpaired) electrons. The van der Waals surface area contributed by atoms with E-state index in [1.165, 1.54) is 0 Å². The fraction of sp³-hybridized carbons (Fsp3) is 0.818. The molecule has 1 rings (SSSR count). The number of hydrogen-bond acceptors (Lipinski definition) is 4. The van der Waals surface area contributed by atoms with Crippen LogP contribution in [0.2, 0.25) is 0 Å². The molecule has 1 atom stereocenters. The van der Waals surface area contributed by atoms with Crippen molar-refractivity contribution >= 4 is 11.7 Å². The molecule has 0 saturated heterocycles. The zero-order valence-electron chi connectivity index (χ0n) is 10.1. The van der Waals surface area contributed by atoms with Gasteiger partial charge in [0.2, 0.25) is 5.60 Å². The van der Waals surface area contributed by atoms with E-state index in [1.807, 2.05) is 20.8 Å². The number of esters is 1. The molecule has 0 saturated carbocycles. The first kappa shape index (κ1) is 12.0. The lowest BCUT2D eigenvalue weighted by atomic mass is 9.84. The van der Waals surface area contributed by atoms with Crippen LogP contribution < -0.4 is 0 Å². The van der Waals surface area contributed by atoms with Gasteiger partial charge in [-0.2, -0.15) is 0 Å². The number of hydrogen-bond donors (Lipinski definition) is 0. The first-order chi connectivity index (χ1) is 6.79. The summed E-state index contributed by atoms with van der Waals surface area (Å²) in [5.74, 6) is -0.340. The van der Waals surface area contributed by atoms with Crippen molar-refractivity contribution in [2.45, 2.75) is 46.6 Å². The minimum Gasteiger partial charge on any atom is -0.463 e. The Morgan fingerprint density at radius 1 is 1.60 bits per heavy atom. The summed E-state index contributed by atoms with van der Waals surface area (Å²) in [6, 6.07) is 0. The Labute approximate surface area is 90.6 Å². The highest BCUT2D eigenvalue weighted by Gasteiger charge is 2.45. The average molecular weight is 213 g/mol. The van der Waals surface area contributed by atoms with Crippen molar-refractivity contribution in [3.8, 4) is 0 Å². The van der Waals surface area contributed by atoms with Crippen LogP contribution in [-0.4, -0.2) is 23.9 Å². The SMILES string of the molecule is CCOC(=O)C1(C)CC(C(C)(C)C)=NO1. The van der Waals surface area contributed by atoms with E-state index in [9.17, 15) is 4.79 Å². The number of oxime groups is 1. The van der Waals surface area contributed by atoms with Gasteiger partial charge in [-0.1, -0.05) is 25.9 Å². The standard InChI is InChI=1S/C11H19NO3/c1-6-14-9(13)11(5)7-8(12-15-11)10(2,3)4/h6-7H2,1-5H3. The van der Waals surface area contributed by atoms with Crippen LogP contribution in [0.4, 0.5) is 0 Å². The maximum Gasteiger partial charge on any atom is 0.353 e. The lowest BCUT2D eigenvalue weighted by Gasteiger charge is -2.21. The van der Waals surface area contributed by atoms with Crippen LogP contribution in [0, 0.1) is 5.41 Å². The molecule has 0 aromatic rings. The zero-order valence-corrected chi connectivity index (χ0v) is 10.1. The molecule has 0 aromatic heterocycles. The van der Waals surface area contributed by atoms with Crippen LogP contribution >= 0.6 is 0 Å². The van der Waals surface area contributed by atoms with Crippen LogP contribution in [0.15, 0.2) is 5.16 Å². The van der Waals surface area contributed by atoms with Crippen molar-refractivity contribution in [2.75, 3.05) is 6.61 Å². The smallest absolute Gasteiger partial charge is 0.353 e. The van der Waals surface area contributed by atoms with Gasteiger partial charge in [-0.05, 0) is 13.8 Å². The Kier molecular flexibility index (Phi) is 3.07. The highest BCUT2D eigenvalue weighted by molar-refractivity contribution is 5.96. The highest BCUT2D eigenvalue weighted by atomic mass is 16.7. The second-order valence-corrected chi connectivity index (χ2v) is 5.01. The molecule has 1 aliphatic heterocycles. The lowest BCUT2D eigenvalue weighted by molar-refractivity contribution is -0.166. The number of carbonyl (C=O) groups excluding carboxylic acids is 1. The van der Waals surface area contributed by atoms with Gasteiger partial charge >= 0.3 is 5.97 Å². The van der Waals surface area contributed by atoms with Gasteiger partial charge in [-0.3, -0.25) is 0 Å². The predicted octanol–water partition coefficient (Wildman–Crippen LogP) is 2.13. The van der Waals surface area contributed by atoms with Gasteiger partial charge in [0.25, 0.3) is 0 Å². The molecule has 0 N–H and O–H groups in total. The van der Waals surface area contributed by atoms with Crippen molar-refractivity contribution in [3.63, 3.8) is 0 Å². The van der Waals surface area contributed by atoms with E-state index in [1.54, 1.807) is 13.8 Å². The molecule has 0 spiro atoms. The minimum atomic E-state index is -0.932. The molecule has 0 amide bonds. The van der Waals surface area contributed by atoms with Crippen LogP contribution in [0.1, 0.15) is 41.0 Å². The van der Waals surface area contributed by atoms with Gasteiger partial charge in [-0.25, -0.2) is 4.79 Å². The van der Waals surface area contributed by atoms with Crippen molar-refractivity contribution < 1.29 is 14.4 Å². The molecule has 0 aromatic carbocycles. The average Bonchev–Trinajstić information content (AvgIpc) is 2.49. The summed E-state index contributed by atoms with van der Waals surface area (Å²) in [7, 11) is 0. The third-order valence-corrected chi connectivity index (χ3v) is 2.44. The van der Waals surface area contributed by atoms with Gasteiger partial charge in [-0.15, -0.1) is 0 Å². The van der Waals surface area contributed by atoms with Crippen LogP contribution in [0.25, 0.3) is 0 Å². The quantitative estimate of drug-likeness (QED) is 0.660. The Hall–Kier alpha value is -1.06. The molecule has 0 aliphatic carbocycles. The first-order valence-corrected chi connectivity index (χ1v) is 5.22. The van der Waals surface area contributed by atoms with Crippen molar-refractivity contribution in [1.82, 2.24) is 0 Å². The predicted molar refractivity (Wildman–Crippen MR) is 57.6 cm³/mol. The van der Waals surface area contributed by atoms with E-state index in [0.29, 0.717) is 13.0 Å². The molecule has 1 unspecified atom stereocenters. The third kappa shape index (κ3) is 2.49. The summed E-state index contributed by atoms with van der Waals surface area (Å²) in [5, 5.41) is 3.98. The van der Waals surface area contributed by atoms with Gasteiger partial charge in [0.15, 0.2) is 0 Å². The largest absolute Gasteiger partial charge is 0.463 e. The van der Waals surface area contributed by atoms with Gasteiger partial charge < -0.3 is 9.57 Å². The van der Waals surface area contributed by atoms with Crippen molar-refractivity contribution in [1.29, 1.82) is 0 Å². The lowest BCUT2D eigenvalue weighted by Crippen LogP contribution is -2.38. The summed E-state index contributed by atoms with van der Waals surface area (Å²) < 4.78 is 4.95. The normalized spacial score (nSPS) is 25.8. The molecule has 4 heteroatoms. The molecule has 4 nitrogen and oxygen atoms in total. The summed E-state index contributed by atoms with van der Waals surface area (Å²) in [5.41, 5.74) is -0.0962. The van der Waals surface area contributed by atoms with Crippen LogP contribution in [0.5, 0.6) is 0 Å². The van der Waals surface area contributed by atoms with E-state index in [-0.39, 0.29) is 11.4 Å². The molecular weight excluding hydrogens is 194 g/mol. The second-order valence-electron chi connectivity index (χ2n) is 5.01. The van der Waals surface area contributed by atoms with Gasteiger partial charge in [0, 0.05) is 11.8 Å². The van der Waals surface area contributed by atoms with E-state index in [2.05, 4.69) is 5.16 Å². The third-order valence-electron chi connectivity index (χ3n) is 2.44. The molecule has 0 fully saturated rings. The Bertz CT molecular complexity index is 291. The van der Waals surface area contributed by atoms with Crippen LogP contribution in [-0.2, 0) is 14.4 Å². The number of ether oxygens (including phenoxy) is 1. The second kappa shape index (κ2) is 3.83. The minimum absolute atomic E-state index is 0.0652. The van der Waals surface area contributed by atoms with E-state index in [0.717, 1.165) is 5.71 Å². The van der Waals surface area contributed by atoms with E-state index >= 15 is 0 Å². The number of nitrogens with zero attached hydrogens (tertiary/aromatic N) is 1. The first-order valence-electron chi connectivity index (χ1n) is 5.22. The van der Waals surface area contributed by atoms with Gasteiger partial charge in [0.1, 0.15) is 0 Å². The molecule has 86 valence electrons. The number of carbonyl (C=O) groups is 1. The Balaban J connectivity index is 2.70. The van der Waals surface area contributed by atoms with E-state index in [4.69, 9.17) is 9.57 Å². The Morgan fingerprint density at radius 3 is 2.60 bits per heavy atom. The maximum absolute atomic E-state index is 11.6. The topological polar surface area (TPSA) is 47.9 Å². The van der Waals surface area contributed by atoms with E-state index < -0.39 is 5.60 Å². The fourth-order valence-corrected chi connectivity index (χ4v) is 1.34. The van der Waals surface area contributed by atoms with Gasteiger partial charge in [0.05, 0.1) is 12.3 Å². The highest BCUT2D eigenvalue weighted by Crippen LogP contribution is 2.32.